The zero-order valence-electron chi connectivity index (χ0n) is 6.09. The molecule has 52 valence electrons. The Morgan fingerprint density at radius 3 is 2.89 bits per heavy atom. The van der Waals surface area contributed by atoms with E-state index in [1.165, 1.54) is 6.20 Å². The van der Waals surface area contributed by atoms with Crippen LogP contribution < -0.4 is 5.32 Å². The van der Waals surface area contributed by atoms with Crippen molar-refractivity contribution in [3.8, 4) is 0 Å². The molecule has 0 rings (SSSR count). The summed E-state index contributed by atoms with van der Waals surface area (Å²) in [4.78, 5) is 3.79. The van der Waals surface area contributed by atoms with Gasteiger partial charge in [0.1, 0.15) is 0 Å². The van der Waals surface area contributed by atoms with Crippen molar-refractivity contribution in [2.45, 2.75) is 26.3 Å². The minimum Gasteiger partial charge on any atom is -0.374 e. The van der Waals surface area contributed by atoms with E-state index >= 15 is 0 Å². The van der Waals surface area contributed by atoms with Gasteiger partial charge < -0.3 is 5.32 Å². The molecule has 9 heavy (non-hydrogen) atoms. The van der Waals surface area contributed by atoms with E-state index in [9.17, 15) is 0 Å². The highest BCUT2D eigenvalue weighted by Crippen LogP contribution is 1.83. The fourth-order valence-corrected chi connectivity index (χ4v) is 0.341. The first-order valence-corrected chi connectivity index (χ1v) is 3.19. The summed E-state index contributed by atoms with van der Waals surface area (Å²) in [5.74, 6) is 0. The lowest BCUT2D eigenvalue weighted by Crippen LogP contribution is -2.22. The lowest BCUT2D eigenvalue weighted by molar-refractivity contribution is 0.649. The summed E-state index contributed by atoms with van der Waals surface area (Å²) in [5.41, 5.74) is 0. The molecule has 0 aromatic rings. The van der Waals surface area contributed by atoms with Crippen molar-refractivity contribution in [3.05, 3.63) is 12.8 Å². The lowest BCUT2D eigenvalue weighted by Gasteiger charge is -2.05. The number of aliphatic imine (C=N–C) groups is 1. The first kappa shape index (κ1) is 8.21. The van der Waals surface area contributed by atoms with Crippen LogP contribution in [-0.2, 0) is 0 Å². The Hall–Kier alpha value is -0.790. The van der Waals surface area contributed by atoms with Crippen molar-refractivity contribution in [1.82, 2.24) is 5.32 Å². The number of nitrogens with one attached hydrogen (secondary N) is 1. The lowest BCUT2D eigenvalue weighted by atomic mass is 10.3. The van der Waals surface area contributed by atoms with Crippen LogP contribution in [0.4, 0.5) is 0 Å². The first-order chi connectivity index (χ1) is 4.31. The quantitative estimate of drug-likeness (QED) is 0.448. The zero-order valence-corrected chi connectivity index (χ0v) is 6.09. The van der Waals surface area contributed by atoms with E-state index in [0.29, 0.717) is 6.04 Å². The van der Waals surface area contributed by atoms with Crippen molar-refractivity contribution < 1.29 is 0 Å². The molecule has 1 unspecified atom stereocenters. The minimum absolute atomic E-state index is 0.508. The van der Waals surface area contributed by atoms with Gasteiger partial charge in [-0.2, -0.15) is 0 Å². The molecule has 0 spiro atoms. The molecule has 1 N–H and O–H groups in total. The highest BCUT2D eigenvalue weighted by molar-refractivity contribution is 5.55. The maximum absolute atomic E-state index is 3.79. The second kappa shape index (κ2) is 5.35. The zero-order chi connectivity index (χ0) is 7.11. The molecule has 0 saturated carbocycles. The summed E-state index contributed by atoms with van der Waals surface area (Å²) in [5, 5.41) is 3.07. The Labute approximate surface area is 56.7 Å². The van der Waals surface area contributed by atoms with Gasteiger partial charge in [-0.3, -0.25) is 0 Å². The highest BCUT2D eigenvalue weighted by Gasteiger charge is 1.89. The van der Waals surface area contributed by atoms with Gasteiger partial charge in [-0.05, 0) is 13.3 Å². The SMILES string of the molecule is C=C/N=C\NC(C)CC. The topological polar surface area (TPSA) is 24.4 Å². The van der Waals surface area contributed by atoms with Crippen LogP contribution in [0, 0.1) is 0 Å². The van der Waals surface area contributed by atoms with Crippen molar-refractivity contribution in [3.63, 3.8) is 0 Å². The Kier molecular flexibility index (Phi) is 4.88. The van der Waals surface area contributed by atoms with Crippen LogP contribution >= 0.6 is 0 Å². The van der Waals surface area contributed by atoms with E-state index < -0.39 is 0 Å². The number of hydrogen-bond acceptors (Lipinski definition) is 1. The fourth-order valence-electron chi connectivity index (χ4n) is 0.341. The van der Waals surface area contributed by atoms with Crippen molar-refractivity contribution >= 4 is 6.34 Å². The molecule has 0 bridgehead atoms. The molecule has 1 atom stereocenters. The van der Waals surface area contributed by atoms with Crippen LogP contribution in [0.2, 0.25) is 0 Å². The molecular formula is C7H14N2. The number of hydrogen-bond donors (Lipinski definition) is 1. The fraction of sp³-hybridized carbons (Fsp3) is 0.571. The molecular weight excluding hydrogens is 112 g/mol. The standard InChI is InChI=1S/C7H14N2/c1-4-7(3)9-6-8-5-2/h5-7H,2,4H2,1,3H3,(H,8,9). The van der Waals surface area contributed by atoms with E-state index in [2.05, 4.69) is 30.7 Å². The second-order valence-electron chi connectivity index (χ2n) is 1.94. The van der Waals surface area contributed by atoms with E-state index in [-0.39, 0.29) is 0 Å². The summed E-state index contributed by atoms with van der Waals surface area (Å²) in [6.07, 6.45) is 4.29. The molecule has 0 aliphatic carbocycles. The molecule has 2 nitrogen and oxygen atoms in total. The Morgan fingerprint density at radius 2 is 2.44 bits per heavy atom. The highest BCUT2D eigenvalue weighted by atomic mass is 14.9. The van der Waals surface area contributed by atoms with Gasteiger partial charge in [0.05, 0.1) is 6.34 Å². The average molecular weight is 126 g/mol. The predicted octanol–water partition coefficient (Wildman–Crippen LogP) is 1.55. The van der Waals surface area contributed by atoms with E-state index in [1.807, 2.05) is 0 Å². The van der Waals surface area contributed by atoms with E-state index in [0.717, 1.165) is 6.42 Å². The van der Waals surface area contributed by atoms with Gasteiger partial charge >= 0.3 is 0 Å². The smallest absolute Gasteiger partial charge is 0.0880 e. The maximum Gasteiger partial charge on any atom is 0.0880 e. The van der Waals surface area contributed by atoms with Crippen LogP contribution in [0.25, 0.3) is 0 Å². The van der Waals surface area contributed by atoms with E-state index in [4.69, 9.17) is 0 Å². The van der Waals surface area contributed by atoms with Crippen LogP contribution in [0.1, 0.15) is 20.3 Å². The molecule has 0 radical (unpaired) electrons. The summed E-state index contributed by atoms with van der Waals surface area (Å²) >= 11 is 0. The third kappa shape index (κ3) is 5.07. The molecule has 0 aliphatic heterocycles. The van der Waals surface area contributed by atoms with Gasteiger partial charge in [0.2, 0.25) is 0 Å². The average Bonchev–Trinajstić information content (AvgIpc) is 1.89. The van der Waals surface area contributed by atoms with Crippen LogP contribution in [0.3, 0.4) is 0 Å². The first-order valence-electron chi connectivity index (χ1n) is 3.19. The van der Waals surface area contributed by atoms with Crippen LogP contribution in [0.15, 0.2) is 17.8 Å². The van der Waals surface area contributed by atoms with Gasteiger partial charge in [-0.15, -0.1) is 0 Å². The number of rotatable bonds is 4. The predicted molar refractivity (Wildman–Crippen MR) is 41.6 cm³/mol. The van der Waals surface area contributed by atoms with Gasteiger partial charge in [-0.25, -0.2) is 4.99 Å². The van der Waals surface area contributed by atoms with Crippen LogP contribution in [0.5, 0.6) is 0 Å². The number of nitrogens with zero attached hydrogens (tertiary/aromatic N) is 1. The Morgan fingerprint density at radius 1 is 1.78 bits per heavy atom. The molecule has 0 fully saturated rings. The normalized spacial score (nSPS) is 13.6. The molecule has 0 amide bonds. The molecule has 0 heterocycles. The summed E-state index contributed by atoms with van der Waals surface area (Å²) in [6.45, 7) is 7.68. The van der Waals surface area contributed by atoms with Crippen molar-refractivity contribution in [2.24, 2.45) is 4.99 Å². The van der Waals surface area contributed by atoms with E-state index in [1.54, 1.807) is 6.34 Å². The maximum atomic E-state index is 3.79. The molecule has 0 saturated heterocycles. The van der Waals surface area contributed by atoms with Gasteiger partial charge in [0, 0.05) is 12.2 Å². The summed E-state index contributed by atoms with van der Waals surface area (Å²) in [7, 11) is 0. The monoisotopic (exact) mass is 126 g/mol. The van der Waals surface area contributed by atoms with Crippen molar-refractivity contribution in [1.29, 1.82) is 0 Å². The molecule has 0 aromatic heterocycles. The molecule has 0 aliphatic rings. The largest absolute Gasteiger partial charge is 0.374 e. The summed E-state index contributed by atoms with van der Waals surface area (Å²) < 4.78 is 0. The van der Waals surface area contributed by atoms with Gasteiger partial charge in [0.25, 0.3) is 0 Å². The Bertz CT molecular complexity index is 97.1. The van der Waals surface area contributed by atoms with Crippen LogP contribution in [-0.4, -0.2) is 12.4 Å². The van der Waals surface area contributed by atoms with Gasteiger partial charge in [0.15, 0.2) is 0 Å². The second-order valence-corrected chi connectivity index (χ2v) is 1.94. The summed E-state index contributed by atoms with van der Waals surface area (Å²) in [6, 6.07) is 0.508. The molecule has 0 aromatic carbocycles. The van der Waals surface area contributed by atoms with Gasteiger partial charge in [-0.1, -0.05) is 13.5 Å². The Balaban J connectivity index is 3.25. The minimum atomic E-state index is 0.508. The molecule has 2 heteroatoms. The third-order valence-corrected chi connectivity index (χ3v) is 1.15. The third-order valence-electron chi connectivity index (χ3n) is 1.15. The van der Waals surface area contributed by atoms with Crippen molar-refractivity contribution in [2.75, 3.05) is 0 Å².